The molecule has 0 amide bonds. The highest BCUT2D eigenvalue weighted by Gasteiger charge is 2.19. The molecule has 0 atom stereocenters. The fourth-order valence-corrected chi connectivity index (χ4v) is 5.53. The van der Waals surface area contributed by atoms with Crippen molar-refractivity contribution in [3.05, 3.63) is 59.3 Å². The smallest absolute Gasteiger partial charge is 0.262 e. The van der Waals surface area contributed by atoms with E-state index >= 15 is 0 Å². The molecule has 27 heavy (non-hydrogen) atoms. The Morgan fingerprint density at radius 1 is 1.07 bits per heavy atom. The molecule has 7 heteroatoms. The summed E-state index contributed by atoms with van der Waals surface area (Å²) in [6.07, 6.45) is 2.02. The summed E-state index contributed by atoms with van der Waals surface area (Å²) in [6, 6.07) is 11.0. The zero-order chi connectivity index (χ0) is 19.2. The average Bonchev–Trinajstić information content (AvgIpc) is 3.19. The number of nitrogens with one attached hydrogen (secondary N) is 1. The molecule has 4 rings (SSSR count). The van der Waals surface area contributed by atoms with Gasteiger partial charge in [-0.2, -0.15) is 0 Å². The Morgan fingerprint density at radius 2 is 1.85 bits per heavy atom. The van der Waals surface area contributed by atoms with E-state index in [0.717, 1.165) is 45.4 Å². The zero-order valence-corrected chi connectivity index (χ0v) is 17.1. The van der Waals surface area contributed by atoms with Crippen LogP contribution in [0.25, 0.3) is 11.3 Å². The van der Waals surface area contributed by atoms with Gasteiger partial charge >= 0.3 is 0 Å². The Morgan fingerprint density at radius 3 is 2.63 bits per heavy atom. The van der Waals surface area contributed by atoms with Crippen LogP contribution in [-0.4, -0.2) is 23.7 Å². The fourth-order valence-electron chi connectivity index (χ4n) is 3.22. The molecule has 0 unspecified atom stereocenters. The van der Waals surface area contributed by atoms with Crippen LogP contribution < -0.4 is 4.72 Å². The molecule has 0 fully saturated rings. The lowest BCUT2D eigenvalue weighted by Gasteiger charge is -2.13. The van der Waals surface area contributed by atoms with E-state index in [4.69, 9.17) is 0 Å². The first-order valence-electron chi connectivity index (χ1n) is 8.74. The molecule has 3 aromatic rings. The number of anilines is 1. The maximum atomic E-state index is 12.9. The van der Waals surface area contributed by atoms with Crippen LogP contribution >= 0.6 is 11.8 Å². The number of imidazole rings is 1. The van der Waals surface area contributed by atoms with Gasteiger partial charge in [-0.15, -0.1) is 0 Å². The highest BCUT2D eigenvalue weighted by molar-refractivity contribution is 7.99. The topological polar surface area (TPSA) is 64.0 Å². The van der Waals surface area contributed by atoms with Crippen molar-refractivity contribution in [1.82, 2.24) is 9.55 Å². The van der Waals surface area contributed by atoms with E-state index < -0.39 is 10.0 Å². The molecule has 0 aliphatic carbocycles. The minimum Gasteiger partial charge on any atom is -0.325 e. The molecule has 2 heterocycles. The second kappa shape index (κ2) is 6.73. The second-order valence-electron chi connectivity index (χ2n) is 6.84. The lowest BCUT2D eigenvalue weighted by atomic mass is 10.1. The predicted octanol–water partition coefficient (Wildman–Crippen LogP) is 4.38. The van der Waals surface area contributed by atoms with Gasteiger partial charge in [-0.05, 0) is 55.7 Å². The Balaban J connectivity index is 1.65. The van der Waals surface area contributed by atoms with Gasteiger partial charge in [0, 0.05) is 29.7 Å². The summed E-state index contributed by atoms with van der Waals surface area (Å²) in [5, 5.41) is 1.02. The first-order chi connectivity index (χ1) is 12.8. The SMILES string of the molecule is Cc1cc(C)c(S(=O)(=O)Nc2cccc(-c3cn4c(n3)SCC4)c2)cc1C. The van der Waals surface area contributed by atoms with E-state index in [0.29, 0.717) is 10.6 Å². The molecule has 0 spiro atoms. The molecular weight excluding hydrogens is 378 g/mol. The summed E-state index contributed by atoms with van der Waals surface area (Å²) in [5.74, 6) is 1.05. The van der Waals surface area contributed by atoms with Gasteiger partial charge in [0.25, 0.3) is 10.0 Å². The van der Waals surface area contributed by atoms with Gasteiger partial charge in [0.1, 0.15) is 0 Å². The Kier molecular flexibility index (Phi) is 4.52. The summed E-state index contributed by atoms with van der Waals surface area (Å²) >= 11 is 1.74. The van der Waals surface area contributed by atoms with Crippen LogP contribution in [0.4, 0.5) is 5.69 Å². The highest BCUT2D eigenvalue weighted by Crippen LogP contribution is 2.30. The molecule has 1 aliphatic rings. The van der Waals surface area contributed by atoms with Crippen molar-refractivity contribution >= 4 is 27.5 Å². The maximum Gasteiger partial charge on any atom is 0.262 e. The molecular formula is C20H21N3O2S2. The first kappa shape index (κ1) is 18.1. The number of aromatic nitrogens is 2. The van der Waals surface area contributed by atoms with Crippen LogP contribution in [-0.2, 0) is 16.6 Å². The van der Waals surface area contributed by atoms with Crippen molar-refractivity contribution in [3.63, 3.8) is 0 Å². The third-order valence-corrected chi connectivity index (χ3v) is 7.29. The summed E-state index contributed by atoms with van der Waals surface area (Å²) < 4.78 is 30.7. The van der Waals surface area contributed by atoms with E-state index in [1.807, 2.05) is 51.2 Å². The molecule has 0 saturated carbocycles. The van der Waals surface area contributed by atoms with Crippen LogP contribution in [0.5, 0.6) is 0 Å². The number of thioether (sulfide) groups is 1. The Bertz CT molecular complexity index is 1110. The molecule has 140 valence electrons. The number of hydrogen-bond acceptors (Lipinski definition) is 4. The van der Waals surface area contributed by atoms with Gasteiger partial charge in [0.2, 0.25) is 0 Å². The Labute approximate surface area is 163 Å². The second-order valence-corrected chi connectivity index (χ2v) is 9.55. The minimum atomic E-state index is -3.66. The van der Waals surface area contributed by atoms with Crippen molar-refractivity contribution in [1.29, 1.82) is 0 Å². The normalized spacial score (nSPS) is 13.6. The third kappa shape index (κ3) is 3.49. The highest BCUT2D eigenvalue weighted by atomic mass is 32.2. The first-order valence-corrected chi connectivity index (χ1v) is 11.2. The van der Waals surface area contributed by atoms with Crippen molar-refractivity contribution in [2.24, 2.45) is 0 Å². The number of benzene rings is 2. The summed E-state index contributed by atoms with van der Waals surface area (Å²) in [6.45, 7) is 6.69. The van der Waals surface area contributed by atoms with Crippen molar-refractivity contribution in [2.75, 3.05) is 10.5 Å². The van der Waals surface area contributed by atoms with Crippen LogP contribution in [0.15, 0.2) is 52.6 Å². The van der Waals surface area contributed by atoms with E-state index in [1.54, 1.807) is 23.9 Å². The lowest BCUT2D eigenvalue weighted by Crippen LogP contribution is -2.14. The van der Waals surface area contributed by atoms with Crippen molar-refractivity contribution in [2.45, 2.75) is 37.4 Å². The molecule has 5 nitrogen and oxygen atoms in total. The van der Waals surface area contributed by atoms with Crippen LogP contribution in [0.3, 0.4) is 0 Å². The molecule has 0 saturated heterocycles. The van der Waals surface area contributed by atoms with Crippen LogP contribution in [0.2, 0.25) is 0 Å². The fraction of sp³-hybridized carbons (Fsp3) is 0.250. The third-order valence-electron chi connectivity index (χ3n) is 4.79. The van der Waals surface area contributed by atoms with Gasteiger partial charge in [-0.1, -0.05) is 30.0 Å². The number of hydrogen-bond donors (Lipinski definition) is 1. The molecule has 1 aromatic heterocycles. The number of sulfonamides is 1. The van der Waals surface area contributed by atoms with Gasteiger partial charge in [-0.25, -0.2) is 13.4 Å². The number of rotatable bonds is 4. The largest absolute Gasteiger partial charge is 0.325 e. The number of fused-ring (bicyclic) bond motifs is 1. The molecule has 1 aliphatic heterocycles. The zero-order valence-electron chi connectivity index (χ0n) is 15.5. The van der Waals surface area contributed by atoms with Crippen LogP contribution in [0.1, 0.15) is 16.7 Å². The van der Waals surface area contributed by atoms with E-state index in [2.05, 4.69) is 14.3 Å². The van der Waals surface area contributed by atoms with Crippen molar-refractivity contribution < 1.29 is 8.42 Å². The van der Waals surface area contributed by atoms with Crippen LogP contribution in [0, 0.1) is 20.8 Å². The predicted molar refractivity (Wildman–Crippen MR) is 110 cm³/mol. The van der Waals surface area contributed by atoms with Crippen molar-refractivity contribution in [3.8, 4) is 11.3 Å². The number of aryl methyl sites for hydroxylation is 4. The minimum absolute atomic E-state index is 0.313. The molecule has 1 N–H and O–H groups in total. The summed E-state index contributed by atoms with van der Waals surface area (Å²) in [4.78, 5) is 4.95. The van der Waals surface area contributed by atoms with Gasteiger partial charge in [0.15, 0.2) is 5.16 Å². The monoisotopic (exact) mass is 399 g/mol. The number of nitrogens with zero attached hydrogens (tertiary/aromatic N) is 2. The van der Waals surface area contributed by atoms with E-state index in [1.165, 1.54) is 0 Å². The molecule has 0 radical (unpaired) electrons. The van der Waals surface area contributed by atoms with Gasteiger partial charge < -0.3 is 4.57 Å². The summed E-state index contributed by atoms with van der Waals surface area (Å²) in [7, 11) is -3.66. The van der Waals surface area contributed by atoms with E-state index in [-0.39, 0.29) is 0 Å². The Hall–Kier alpha value is -2.25. The summed E-state index contributed by atoms with van der Waals surface area (Å²) in [5.41, 5.74) is 5.07. The average molecular weight is 400 g/mol. The maximum absolute atomic E-state index is 12.9. The van der Waals surface area contributed by atoms with Gasteiger partial charge in [-0.3, -0.25) is 4.72 Å². The molecule has 0 bridgehead atoms. The van der Waals surface area contributed by atoms with Gasteiger partial charge in [0.05, 0.1) is 10.6 Å². The molecule has 2 aromatic carbocycles. The standard InChI is InChI=1S/C20H21N3O2S2/c1-13-9-15(3)19(10-14(13)2)27(24,25)22-17-6-4-5-16(11-17)18-12-23-7-8-26-20(23)21-18/h4-6,9-12,22H,7-8H2,1-3H3. The van der Waals surface area contributed by atoms with E-state index in [9.17, 15) is 8.42 Å². The quantitative estimate of drug-likeness (QED) is 0.707. The lowest BCUT2D eigenvalue weighted by molar-refractivity contribution is 0.600.